The SMILES string of the molecule is CC(C)(C)c1cc(Oc2ccc3c4ccccc4n(-c4cc(C(C)(C)c5ccccc5)ccn4)c3c2)cc(N2C=C(c3ccccc3)N(c3cccc(C(C)(C)c4ccccc4)c3)C2)c1. The Morgan fingerprint density at radius 2 is 1.06 bits per heavy atom. The van der Waals surface area contributed by atoms with Gasteiger partial charge in [-0.3, -0.25) is 4.57 Å². The van der Waals surface area contributed by atoms with Crippen molar-refractivity contribution in [1.29, 1.82) is 0 Å². The summed E-state index contributed by atoms with van der Waals surface area (Å²) >= 11 is 0. The van der Waals surface area contributed by atoms with Gasteiger partial charge in [-0.25, -0.2) is 4.98 Å². The molecule has 1 aliphatic heterocycles. The molecule has 0 amide bonds. The van der Waals surface area contributed by atoms with Crippen LogP contribution in [0.25, 0.3) is 33.3 Å². The number of nitrogens with zero attached hydrogens (tertiary/aromatic N) is 4. The first kappa shape index (κ1) is 41.6. The van der Waals surface area contributed by atoms with Crippen LogP contribution in [0.5, 0.6) is 11.5 Å². The monoisotopic (exact) mass is 848 g/mol. The van der Waals surface area contributed by atoms with E-state index in [2.05, 4.69) is 257 Å². The van der Waals surface area contributed by atoms with Gasteiger partial charge in [0.2, 0.25) is 0 Å². The number of pyridine rings is 1. The van der Waals surface area contributed by atoms with Crippen LogP contribution >= 0.6 is 0 Å². The van der Waals surface area contributed by atoms with Crippen molar-refractivity contribution >= 4 is 38.9 Å². The summed E-state index contributed by atoms with van der Waals surface area (Å²) in [4.78, 5) is 9.78. The number of aromatic nitrogens is 2. The standard InChI is InChI=1S/C60H56N4O/c1-58(2,3)47-35-49(62-40-56(42-20-11-8-12-21-42)63(41-62)48-27-19-26-45(34-48)59(4,5)43-22-13-9-14-23-43)38-51(36-47)65-50-30-31-53-52-28-17-18-29-54(52)64(55(53)39-50)57-37-46(32-33-61-57)60(6,7)44-24-15-10-16-25-44/h8-40H,41H2,1-7H3. The molecule has 0 fully saturated rings. The first-order chi connectivity index (χ1) is 31.3. The van der Waals surface area contributed by atoms with Crippen molar-refractivity contribution in [2.75, 3.05) is 16.5 Å². The smallest absolute Gasteiger partial charge is 0.137 e. The van der Waals surface area contributed by atoms with E-state index in [0.717, 1.165) is 50.8 Å². The van der Waals surface area contributed by atoms with Gasteiger partial charge in [0.1, 0.15) is 17.3 Å². The topological polar surface area (TPSA) is 33.5 Å². The molecule has 9 aromatic rings. The fourth-order valence-electron chi connectivity index (χ4n) is 9.38. The molecule has 0 aliphatic carbocycles. The summed E-state index contributed by atoms with van der Waals surface area (Å²) in [7, 11) is 0. The van der Waals surface area contributed by atoms with Gasteiger partial charge >= 0.3 is 0 Å². The Morgan fingerprint density at radius 3 is 1.75 bits per heavy atom. The molecule has 0 atom stereocenters. The summed E-state index contributed by atoms with van der Waals surface area (Å²) in [5, 5.41) is 2.33. The van der Waals surface area contributed by atoms with Gasteiger partial charge in [-0.05, 0) is 93.4 Å². The molecule has 10 rings (SSSR count). The molecule has 0 saturated heterocycles. The highest BCUT2D eigenvalue weighted by Crippen LogP contribution is 2.42. The molecule has 0 saturated carbocycles. The van der Waals surface area contributed by atoms with E-state index in [1.807, 2.05) is 6.20 Å². The maximum Gasteiger partial charge on any atom is 0.137 e. The minimum atomic E-state index is -0.214. The second-order valence-corrected chi connectivity index (χ2v) is 19.5. The maximum absolute atomic E-state index is 6.97. The molecule has 0 spiro atoms. The Morgan fingerprint density at radius 1 is 0.462 bits per heavy atom. The third-order valence-electron chi connectivity index (χ3n) is 13.5. The van der Waals surface area contributed by atoms with E-state index in [9.17, 15) is 0 Å². The average molecular weight is 849 g/mol. The Labute approximate surface area is 383 Å². The molecule has 322 valence electrons. The van der Waals surface area contributed by atoms with Crippen molar-refractivity contribution < 1.29 is 4.74 Å². The summed E-state index contributed by atoms with van der Waals surface area (Å²) in [5.41, 5.74) is 12.4. The maximum atomic E-state index is 6.97. The van der Waals surface area contributed by atoms with Gasteiger partial charge in [0.15, 0.2) is 0 Å². The quantitative estimate of drug-likeness (QED) is 0.137. The van der Waals surface area contributed by atoms with E-state index in [-0.39, 0.29) is 16.2 Å². The van der Waals surface area contributed by atoms with E-state index in [0.29, 0.717) is 6.67 Å². The minimum absolute atomic E-state index is 0.128. The van der Waals surface area contributed by atoms with Crippen LogP contribution in [0.4, 0.5) is 11.4 Å². The Kier molecular flexibility index (Phi) is 10.5. The molecule has 65 heavy (non-hydrogen) atoms. The van der Waals surface area contributed by atoms with Gasteiger partial charge in [0.25, 0.3) is 0 Å². The minimum Gasteiger partial charge on any atom is -0.457 e. The summed E-state index contributed by atoms with van der Waals surface area (Å²) in [6.07, 6.45) is 4.23. The van der Waals surface area contributed by atoms with Crippen molar-refractivity contribution in [2.24, 2.45) is 0 Å². The number of rotatable bonds is 10. The molecular formula is C60H56N4O. The lowest BCUT2D eigenvalue weighted by molar-refractivity contribution is 0.479. The molecule has 7 aromatic carbocycles. The van der Waals surface area contributed by atoms with Gasteiger partial charge in [0.05, 0.1) is 23.4 Å². The van der Waals surface area contributed by atoms with Gasteiger partial charge in [-0.2, -0.15) is 0 Å². The zero-order valence-corrected chi connectivity index (χ0v) is 38.5. The number of hydrogen-bond donors (Lipinski definition) is 0. The lowest BCUT2D eigenvalue weighted by atomic mass is 9.78. The van der Waals surface area contributed by atoms with E-state index >= 15 is 0 Å². The van der Waals surface area contributed by atoms with Crippen molar-refractivity contribution in [3.05, 3.63) is 234 Å². The fourth-order valence-corrected chi connectivity index (χ4v) is 9.38. The number of para-hydroxylation sites is 1. The average Bonchev–Trinajstić information content (AvgIpc) is 3.92. The van der Waals surface area contributed by atoms with Crippen LogP contribution < -0.4 is 14.5 Å². The Hall–Kier alpha value is -7.37. The summed E-state index contributed by atoms with van der Waals surface area (Å²) in [5.74, 6) is 2.43. The molecule has 3 heterocycles. The highest BCUT2D eigenvalue weighted by Gasteiger charge is 2.30. The number of benzene rings is 7. The van der Waals surface area contributed by atoms with Crippen LogP contribution in [0.1, 0.15) is 81.8 Å². The van der Waals surface area contributed by atoms with Crippen LogP contribution in [0.2, 0.25) is 0 Å². The first-order valence-electron chi connectivity index (χ1n) is 22.7. The molecule has 5 nitrogen and oxygen atoms in total. The number of hydrogen-bond acceptors (Lipinski definition) is 4. The highest BCUT2D eigenvalue weighted by molar-refractivity contribution is 6.09. The van der Waals surface area contributed by atoms with Crippen molar-refractivity contribution in [2.45, 2.75) is 64.7 Å². The van der Waals surface area contributed by atoms with Crippen LogP contribution in [0.15, 0.2) is 200 Å². The second-order valence-electron chi connectivity index (χ2n) is 19.5. The Balaban J connectivity index is 1.03. The molecule has 0 radical (unpaired) electrons. The predicted molar refractivity (Wildman–Crippen MR) is 272 cm³/mol. The third kappa shape index (κ3) is 7.86. The van der Waals surface area contributed by atoms with Crippen molar-refractivity contribution in [3.8, 4) is 17.3 Å². The molecule has 5 heteroatoms. The van der Waals surface area contributed by atoms with E-state index in [1.54, 1.807) is 0 Å². The van der Waals surface area contributed by atoms with Gasteiger partial charge in [-0.1, -0.05) is 170 Å². The van der Waals surface area contributed by atoms with Gasteiger partial charge < -0.3 is 14.5 Å². The molecule has 1 aliphatic rings. The van der Waals surface area contributed by atoms with Crippen LogP contribution in [-0.2, 0) is 16.2 Å². The zero-order valence-electron chi connectivity index (χ0n) is 38.5. The summed E-state index contributed by atoms with van der Waals surface area (Å²) in [6, 6.07) is 67.4. The predicted octanol–water partition coefficient (Wildman–Crippen LogP) is 15.2. The van der Waals surface area contributed by atoms with Crippen molar-refractivity contribution in [1.82, 2.24) is 9.55 Å². The highest BCUT2D eigenvalue weighted by atomic mass is 16.5. The van der Waals surface area contributed by atoms with E-state index in [4.69, 9.17) is 9.72 Å². The van der Waals surface area contributed by atoms with Crippen LogP contribution in [0.3, 0.4) is 0 Å². The lowest BCUT2D eigenvalue weighted by Gasteiger charge is -2.30. The largest absolute Gasteiger partial charge is 0.457 e. The second kappa shape index (κ2) is 16.3. The number of fused-ring (bicyclic) bond motifs is 3. The molecule has 0 unspecified atom stereocenters. The van der Waals surface area contributed by atoms with Crippen LogP contribution in [0, 0.1) is 0 Å². The third-order valence-corrected chi connectivity index (χ3v) is 13.5. The van der Waals surface area contributed by atoms with E-state index in [1.165, 1.54) is 38.8 Å². The lowest BCUT2D eigenvalue weighted by Crippen LogP contribution is -2.27. The van der Waals surface area contributed by atoms with Crippen molar-refractivity contribution in [3.63, 3.8) is 0 Å². The first-order valence-corrected chi connectivity index (χ1v) is 22.7. The fraction of sp³-hybridized carbons (Fsp3) is 0.183. The van der Waals surface area contributed by atoms with Gasteiger partial charge in [-0.15, -0.1) is 0 Å². The van der Waals surface area contributed by atoms with Gasteiger partial charge in [0, 0.05) is 57.5 Å². The van der Waals surface area contributed by atoms with E-state index < -0.39 is 0 Å². The summed E-state index contributed by atoms with van der Waals surface area (Å²) < 4.78 is 9.25. The Bertz CT molecular complexity index is 3190. The molecule has 2 aromatic heterocycles. The molecule has 0 bridgehead atoms. The number of anilines is 2. The zero-order chi connectivity index (χ0) is 44.9. The number of ether oxygens (including phenoxy) is 1. The normalized spacial score (nSPS) is 13.4. The molecular weight excluding hydrogens is 793 g/mol. The summed E-state index contributed by atoms with van der Waals surface area (Å²) in [6.45, 7) is 16.6. The van der Waals surface area contributed by atoms with Crippen LogP contribution in [-0.4, -0.2) is 16.2 Å². The molecule has 0 N–H and O–H groups in total.